The lowest BCUT2D eigenvalue weighted by Gasteiger charge is -2.14. The van der Waals surface area contributed by atoms with Crippen LogP contribution in [-0.2, 0) is 12.4 Å². The minimum atomic E-state index is -5.09. The van der Waals surface area contributed by atoms with E-state index in [1.807, 2.05) is 0 Å². The highest BCUT2D eigenvalue weighted by atomic mass is 19.4. The van der Waals surface area contributed by atoms with Crippen LogP contribution in [-0.4, -0.2) is 10.9 Å². The fraction of sp³-hybridized carbons (Fsp3) is 0.238. The normalized spacial score (nSPS) is 13.0. The first-order chi connectivity index (χ1) is 15.6. The summed E-state index contributed by atoms with van der Waals surface area (Å²) < 4.78 is 115. The number of alkyl halides is 6. The number of carbonyl (C=O) groups excluding carboxylic acids is 1. The SMILES string of the molecule is Cc1c(F)cc(C(C)NC(=O)c2coc(Oc3cc(C(F)(F)F)cc(C(F)(F)F)c3)n2)cc1F. The van der Waals surface area contributed by atoms with Gasteiger partial charge < -0.3 is 14.5 Å². The Labute approximate surface area is 186 Å². The molecule has 3 aromatic rings. The summed E-state index contributed by atoms with van der Waals surface area (Å²) in [5.74, 6) is -3.44. The molecule has 1 heterocycles. The molecule has 0 saturated heterocycles. The van der Waals surface area contributed by atoms with Crippen molar-refractivity contribution in [3.8, 4) is 11.8 Å². The van der Waals surface area contributed by atoms with Gasteiger partial charge in [-0.05, 0) is 49.7 Å². The van der Waals surface area contributed by atoms with Gasteiger partial charge >= 0.3 is 18.4 Å². The molecule has 1 N–H and O–H groups in total. The molecule has 3 rings (SSSR count). The quantitative estimate of drug-likeness (QED) is 0.407. The molecule has 0 aliphatic carbocycles. The zero-order chi connectivity index (χ0) is 25.4. The average Bonchev–Trinajstić information content (AvgIpc) is 3.18. The van der Waals surface area contributed by atoms with Gasteiger partial charge in [0.1, 0.15) is 23.6 Å². The maximum atomic E-state index is 13.7. The number of hydrogen-bond donors (Lipinski definition) is 1. The number of aromatic nitrogens is 1. The van der Waals surface area contributed by atoms with Crippen LogP contribution in [0.4, 0.5) is 35.1 Å². The van der Waals surface area contributed by atoms with Gasteiger partial charge in [0, 0.05) is 5.56 Å². The summed E-state index contributed by atoms with van der Waals surface area (Å²) in [6.07, 6.45) is -10.2. The molecular formula is C21H14F8N2O3. The number of amides is 1. The highest BCUT2D eigenvalue weighted by Gasteiger charge is 2.37. The van der Waals surface area contributed by atoms with Gasteiger partial charge in [0.2, 0.25) is 0 Å². The second-order valence-electron chi connectivity index (χ2n) is 7.15. The molecule has 0 radical (unpaired) electrons. The first-order valence-electron chi connectivity index (χ1n) is 9.34. The maximum absolute atomic E-state index is 13.7. The van der Waals surface area contributed by atoms with E-state index in [1.54, 1.807) is 0 Å². The number of rotatable bonds is 5. The molecule has 0 bridgehead atoms. The second-order valence-corrected chi connectivity index (χ2v) is 7.15. The van der Waals surface area contributed by atoms with Gasteiger partial charge in [0.25, 0.3) is 5.91 Å². The third-order valence-electron chi connectivity index (χ3n) is 4.63. The van der Waals surface area contributed by atoms with E-state index in [4.69, 9.17) is 9.15 Å². The minimum Gasteiger partial charge on any atom is -0.416 e. The lowest BCUT2D eigenvalue weighted by molar-refractivity contribution is -0.143. The van der Waals surface area contributed by atoms with Crippen molar-refractivity contribution < 1.29 is 49.1 Å². The summed E-state index contributed by atoms with van der Waals surface area (Å²) in [6, 6.07) is 1.68. The van der Waals surface area contributed by atoms with Gasteiger partial charge in [0.05, 0.1) is 17.2 Å². The standard InChI is InChI=1S/C21H14F8N2O3/c1-9-15(22)3-11(4-16(9)23)10(2)30-18(32)17-8-33-19(31-17)34-14-6-12(20(24,25)26)5-13(7-14)21(27,28)29/h3-8,10H,1-2H3,(H,30,32). The van der Waals surface area contributed by atoms with Crippen LogP contribution in [0.1, 0.15) is 45.7 Å². The third kappa shape index (κ3) is 5.64. The van der Waals surface area contributed by atoms with Gasteiger partial charge in [-0.3, -0.25) is 4.79 Å². The molecule has 1 amide bonds. The number of halogens is 8. The summed E-state index contributed by atoms with van der Waals surface area (Å²) in [6.45, 7) is 2.65. The van der Waals surface area contributed by atoms with Crippen molar-refractivity contribution >= 4 is 5.91 Å². The molecule has 5 nitrogen and oxygen atoms in total. The maximum Gasteiger partial charge on any atom is 0.416 e. The molecule has 13 heteroatoms. The zero-order valence-electron chi connectivity index (χ0n) is 17.2. The van der Waals surface area contributed by atoms with Crippen LogP contribution in [0.15, 0.2) is 41.0 Å². The topological polar surface area (TPSA) is 64.4 Å². The number of carbonyl (C=O) groups is 1. The van der Waals surface area contributed by atoms with Crippen LogP contribution in [0.2, 0.25) is 0 Å². The zero-order valence-corrected chi connectivity index (χ0v) is 17.2. The van der Waals surface area contributed by atoms with E-state index in [-0.39, 0.29) is 17.2 Å². The van der Waals surface area contributed by atoms with Gasteiger partial charge in [-0.25, -0.2) is 8.78 Å². The summed E-state index contributed by atoms with van der Waals surface area (Å²) in [7, 11) is 0. The summed E-state index contributed by atoms with van der Waals surface area (Å²) in [5.41, 5.74) is -3.79. The Kier molecular flexibility index (Phi) is 6.58. The number of ether oxygens (including phenoxy) is 1. The van der Waals surface area contributed by atoms with E-state index >= 15 is 0 Å². The van der Waals surface area contributed by atoms with Crippen LogP contribution in [0.5, 0.6) is 11.8 Å². The molecule has 182 valence electrons. The molecule has 0 aliphatic rings. The largest absolute Gasteiger partial charge is 0.416 e. The molecular weight excluding hydrogens is 480 g/mol. The average molecular weight is 494 g/mol. The lowest BCUT2D eigenvalue weighted by atomic mass is 10.1. The van der Waals surface area contributed by atoms with Gasteiger partial charge in [0.15, 0.2) is 5.69 Å². The summed E-state index contributed by atoms with van der Waals surface area (Å²) in [4.78, 5) is 15.9. The fourth-order valence-electron chi connectivity index (χ4n) is 2.76. The Morgan fingerprint density at radius 3 is 2.00 bits per heavy atom. The van der Waals surface area contributed by atoms with Gasteiger partial charge in [-0.15, -0.1) is 0 Å². The Bertz CT molecular complexity index is 1160. The molecule has 0 fully saturated rings. The first kappa shape index (κ1) is 25.0. The Morgan fingerprint density at radius 1 is 0.971 bits per heavy atom. The third-order valence-corrected chi connectivity index (χ3v) is 4.63. The Morgan fingerprint density at radius 2 is 1.50 bits per heavy atom. The van der Waals surface area contributed by atoms with Crippen molar-refractivity contribution in [2.75, 3.05) is 0 Å². The van der Waals surface area contributed by atoms with E-state index < -0.39 is 64.6 Å². The molecule has 34 heavy (non-hydrogen) atoms. The van der Waals surface area contributed by atoms with Crippen LogP contribution in [0.3, 0.4) is 0 Å². The molecule has 1 atom stereocenters. The highest BCUT2D eigenvalue weighted by molar-refractivity contribution is 5.92. The van der Waals surface area contributed by atoms with Crippen LogP contribution in [0.25, 0.3) is 0 Å². The van der Waals surface area contributed by atoms with E-state index in [9.17, 15) is 39.9 Å². The molecule has 0 saturated carbocycles. The predicted molar refractivity (Wildman–Crippen MR) is 100.0 cm³/mol. The van der Waals surface area contributed by atoms with Gasteiger partial charge in [-0.2, -0.15) is 31.3 Å². The van der Waals surface area contributed by atoms with E-state index in [1.165, 1.54) is 13.8 Å². The lowest BCUT2D eigenvalue weighted by Crippen LogP contribution is -2.27. The molecule has 0 aliphatic heterocycles. The smallest absolute Gasteiger partial charge is 0.416 e. The van der Waals surface area contributed by atoms with Crippen LogP contribution >= 0.6 is 0 Å². The van der Waals surface area contributed by atoms with E-state index in [2.05, 4.69) is 10.3 Å². The first-order valence-corrected chi connectivity index (χ1v) is 9.34. The highest BCUT2D eigenvalue weighted by Crippen LogP contribution is 2.39. The van der Waals surface area contributed by atoms with Crippen molar-refractivity contribution in [2.45, 2.75) is 32.2 Å². The van der Waals surface area contributed by atoms with Crippen molar-refractivity contribution in [3.05, 3.63) is 76.2 Å². The fourth-order valence-corrected chi connectivity index (χ4v) is 2.76. The molecule has 1 unspecified atom stereocenters. The number of nitrogens with zero attached hydrogens (tertiary/aromatic N) is 1. The number of nitrogens with one attached hydrogen (secondary N) is 1. The van der Waals surface area contributed by atoms with Crippen LogP contribution in [0, 0.1) is 18.6 Å². The van der Waals surface area contributed by atoms with Crippen molar-refractivity contribution in [2.24, 2.45) is 0 Å². The van der Waals surface area contributed by atoms with Gasteiger partial charge in [-0.1, -0.05) is 0 Å². The van der Waals surface area contributed by atoms with E-state index in [0.29, 0.717) is 12.1 Å². The predicted octanol–water partition coefficient (Wildman–Crippen LogP) is 6.58. The van der Waals surface area contributed by atoms with E-state index in [0.717, 1.165) is 18.4 Å². The number of oxazole rings is 1. The van der Waals surface area contributed by atoms with Crippen molar-refractivity contribution in [1.82, 2.24) is 10.3 Å². The van der Waals surface area contributed by atoms with Crippen LogP contribution < -0.4 is 10.1 Å². The van der Waals surface area contributed by atoms with Crippen molar-refractivity contribution in [1.29, 1.82) is 0 Å². The number of benzene rings is 2. The molecule has 2 aromatic carbocycles. The second kappa shape index (κ2) is 8.95. The molecule has 1 aromatic heterocycles. The number of hydrogen-bond acceptors (Lipinski definition) is 4. The summed E-state index contributed by atoms with van der Waals surface area (Å²) in [5, 5.41) is 2.37. The minimum absolute atomic E-state index is 0.0839. The Balaban J connectivity index is 1.78. The summed E-state index contributed by atoms with van der Waals surface area (Å²) >= 11 is 0. The Hall–Kier alpha value is -3.64. The monoisotopic (exact) mass is 494 g/mol. The van der Waals surface area contributed by atoms with Crippen molar-refractivity contribution in [3.63, 3.8) is 0 Å². The molecule has 0 spiro atoms.